The number of aryl methyl sites for hydroxylation is 1. The predicted molar refractivity (Wildman–Crippen MR) is 75.1 cm³/mol. The normalized spacial score (nSPS) is 14.7. The Morgan fingerprint density at radius 1 is 1.28 bits per heavy atom. The van der Waals surface area contributed by atoms with E-state index in [0.717, 1.165) is 5.69 Å². The molecule has 0 radical (unpaired) electrons. The summed E-state index contributed by atoms with van der Waals surface area (Å²) in [5.74, 6) is 0.133. The molecule has 1 aromatic carbocycles. The lowest BCUT2D eigenvalue weighted by atomic mass is 10.0. The lowest BCUT2D eigenvalue weighted by Crippen LogP contribution is -2.36. The van der Waals surface area contributed by atoms with Gasteiger partial charge in [0.25, 0.3) is 0 Å². The van der Waals surface area contributed by atoms with E-state index in [4.69, 9.17) is 0 Å². The van der Waals surface area contributed by atoms with Gasteiger partial charge in [0.1, 0.15) is 0 Å². The van der Waals surface area contributed by atoms with Crippen LogP contribution in [-0.2, 0) is 4.79 Å². The number of benzene rings is 1. The van der Waals surface area contributed by atoms with Crippen molar-refractivity contribution in [1.29, 1.82) is 0 Å². The number of amides is 1. The second-order valence-electron chi connectivity index (χ2n) is 5.26. The van der Waals surface area contributed by atoms with Gasteiger partial charge in [-0.15, -0.1) is 0 Å². The molecule has 3 nitrogen and oxygen atoms in total. The molecule has 0 aliphatic heterocycles. The van der Waals surface area contributed by atoms with Crippen molar-refractivity contribution in [2.24, 2.45) is 0 Å². The smallest absolute Gasteiger partial charge is 0.240 e. The van der Waals surface area contributed by atoms with Gasteiger partial charge in [0, 0.05) is 18.8 Å². The van der Waals surface area contributed by atoms with Crippen LogP contribution in [0.2, 0.25) is 0 Å². The van der Waals surface area contributed by atoms with Crippen molar-refractivity contribution in [2.75, 3.05) is 18.5 Å². The number of nitrogens with one attached hydrogen (secondary N) is 1. The zero-order valence-electron chi connectivity index (χ0n) is 11.7. The second kappa shape index (κ2) is 5.11. The monoisotopic (exact) mass is 246 g/mol. The summed E-state index contributed by atoms with van der Waals surface area (Å²) in [6, 6.07) is 4.69. The van der Waals surface area contributed by atoms with E-state index < -0.39 is 0 Å². The maximum Gasteiger partial charge on any atom is 0.240 e. The van der Waals surface area contributed by atoms with Crippen LogP contribution in [-0.4, -0.2) is 25.5 Å². The van der Waals surface area contributed by atoms with Crippen molar-refractivity contribution in [3.05, 3.63) is 28.8 Å². The van der Waals surface area contributed by atoms with Gasteiger partial charge in [0.2, 0.25) is 5.91 Å². The maximum atomic E-state index is 12.1. The van der Waals surface area contributed by atoms with Gasteiger partial charge in [-0.1, -0.05) is 6.07 Å². The molecule has 1 aliphatic rings. The first-order valence-corrected chi connectivity index (χ1v) is 6.57. The van der Waals surface area contributed by atoms with Crippen LogP contribution in [0.25, 0.3) is 0 Å². The van der Waals surface area contributed by atoms with Crippen molar-refractivity contribution in [1.82, 2.24) is 5.32 Å². The summed E-state index contributed by atoms with van der Waals surface area (Å²) in [5, 5.41) is 3.26. The minimum atomic E-state index is 0.133. The Morgan fingerprint density at radius 3 is 2.56 bits per heavy atom. The van der Waals surface area contributed by atoms with E-state index in [1.807, 2.05) is 13.1 Å². The first-order chi connectivity index (χ1) is 8.50. The average Bonchev–Trinajstić information content (AvgIpc) is 3.16. The second-order valence-corrected chi connectivity index (χ2v) is 5.26. The third-order valence-electron chi connectivity index (χ3n) is 3.88. The van der Waals surface area contributed by atoms with Gasteiger partial charge in [-0.05, 0) is 56.4 Å². The Morgan fingerprint density at radius 2 is 1.94 bits per heavy atom. The van der Waals surface area contributed by atoms with Gasteiger partial charge in [-0.2, -0.15) is 0 Å². The van der Waals surface area contributed by atoms with E-state index in [1.54, 1.807) is 4.90 Å². The topological polar surface area (TPSA) is 32.3 Å². The number of rotatable bonds is 4. The van der Waals surface area contributed by atoms with Crippen LogP contribution >= 0.6 is 0 Å². The number of hydrogen-bond donors (Lipinski definition) is 1. The molecule has 0 atom stereocenters. The first kappa shape index (κ1) is 13.1. The maximum absolute atomic E-state index is 12.1. The van der Waals surface area contributed by atoms with Crippen molar-refractivity contribution in [2.45, 2.75) is 39.7 Å². The summed E-state index contributed by atoms with van der Waals surface area (Å²) in [5.41, 5.74) is 4.74. The summed E-state index contributed by atoms with van der Waals surface area (Å²) in [6.45, 7) is 6.72. The van der Waals surface area contributed by atoms with E-state index in [9.17, 15) is 4.79 Å². The predicted octanol–water partition coefficient (Wildman–Crippen LogP) is 2.33. The molecule has 2 rings (SSSR count). The molecule has 1 N–H and O–H groups in total. The minimum Gasteiger partial charge on any atom is -0.314 e. The minimum absolute atomic E-state index is 0.133. The molecule has 18 heavy (non-hydrogen) atoms. The zero-order valence-corrected chi connectivity index (χ0v) is 11.7. The Hall–Kier alpha value is -1.35. The van der Waals surface area contributed by atoms with Crippen LogP contribution in [0.1, 0.15) is 29.5 Å². The fourth-order valence-electron chi connectivity index (χ4n) is 2.08. The van der Waals surface area contributed by atoms with Crippen molar-refractivity contribution in [3.63, 3.8) is 0 Å². The SMILES string of the molecule is Cc1ccc(N(C)C(=O)CNC2CC2)c(C)c1C. The van der Waals surface area contributed by atoms with Gasteiger partial charge >= 0.3 is 0 Å². The van der Waals surface area contributed by atoms with E-state index in [0.29, 0.717) is 12.6 Å². The Bertz CT molecular complexity index is 464. The third kappa shape index (κ3) is 2.72. The third-order valence-corrected chi connectivity index (χ3v) is 3.88. The fraction of sp³-hybridized carbons (Fsp3) is 0.533. The van der Waals surface area contributed by atoms with Crippen LogP contribution in [0.5, 0.6) is 0 Å². The number of likely N-dealkylation sites (N-methyl/N-ethyl adjacent to an activating group) is 1. The summed E-state index contributed by atoms with van der Waals surface area (Å²) in [4.78, 5) is 13.8. The van der Waals surface area contributed by atoms with Crippen molar-refractivity contribution < 1.29 is 4.79 Å². The molecular formula is C15H22N2O. The molecule has 3 heteroatoms. The molecule has 0 bridgehead atoms. The Labute approximate surface area is 109 Å². The zero-order chi connectivity index (χ0) is 13.3. The van der Waals surface area contributed by atoms with E-state index in [-0.39, 0.29) is 5.91 Å². The summed E-state index contributed by atoms with van der Waals surface area (Å²) in [7, 11) is 1.86. The fourth-order valence-corrected chi connectivity index (χ4v) is 2.08. The van der Waals surface area contributed by atoms with Gasteiger partial charge in [0.05, 0.1) is 6.54 Å². The number of nitrogens with zero attached hydrogens (tertiary/aromatic N) is 1. The van der Waals surface area contributed by atoms with E-state index >= 15 is 0 Å². The van der Waals surface area contributed by atoms with Crippen LogP contribution in [0.15, 0.2) is 12.1 Å². The molecule has 0 aromatic heterocycles. The average molecular weight is 246 g/mol. The molecule has 98 valence electrons. The highest BCUT2D eigenvalue weighted by Crippen LogP contribution is 2.24. The van der Waals surface area contributed by atoms with E-state index in [1.165, 1.54) is 29.5 Å². The molecule has 0 saturated heterocycles. The number of hydrogen-bond acceptors (Lipinski definition) is 2. The van der Waals surface area contributed by atoms with Crippen LogP contribution < -0.4 is 10.2 Å². The van der Waals surface area contributed by atoms with Crippen LogP contribution in [0.4, 0.5) is 5.69 Å². The molecule has 0 unspecified atom stereocenters. The van der Waals surface area contributed by atoms with Crippen LogP contribution in [0, 0.1) is 20.8 Å². The molecule has 0 heterocycles. The van der Waals surface area contributed by atoms with Gasteiger partial charge in [-0.3, -0.25) is 4.79 Å². The molecule has 1 amide bonds. The van der Waals surface area contributed by atoms with Gasteiger partial charge < -0.3 is 10.2 Å². The summed E-state index contributed by atoms with van der Waals surface area (Å²) < 4.78 is 0. The molecule has 1 aliphatic carbocycles. The highest BCUT2D eigenvalue weighted by Gasteiger charge is 2.22. The van der Waals surface area contributed by atoms with Crippen molar-refractivity contribution >= 4 is 11.6 Å². The van der Waals surface area contributed by atoms with Gasteiger partial charge in [0.15, 0.2) is 0 Å². The number of carbonyl (C=O) groups excluding carboxylic acids is 1. The molecule has 1 saturated carbocycles. The highest BCUT2D eigenvalue weighted by atomic mass is 16.2. The molecule has 1 fully saturated rings. The lowest BCUT2D eigenvalue weighted by Gasteiger charge is -2.21. The Kier molecular flexibility index (Phi) is 3.71. The molecular weight excluding hydrogens is 224 g/mol. The van der Waals surface area contributed by atoms with Gasteiger partial charge in [-0.25, -0.2) is 0 Å². The summed E-state index contributed by atoms with van der Waals surface area (Å²) >= 11 is 0. The standard InChI is InChI=1S/C15H22N2O/c1-10-5-8-14(12(3)11(10)2)17(4)15(18)9-16-13-6-7-13/h5,8,13,16H,6-7,9H2,1-4H3. The van der Waals surface area contributed by atoms with Crippen molar-refractivity contribution in [3.8, 4) is 0 Å². The number of anilines is 1. The van der Waals surface area contributed by atoms with Crippen LogP contribution in [0.3, 0.4) is 0 Å². The quantitative estimate of drug-likeness (QED) is 0.884. The lowest BCUT2D eigenvalue weighted by molar-refractivity contribution is -0.117. The molecule has 1 aromatic rings. The Balaban J connectivity index is 2.09. The molecule has 0 spiro atoms. The first-order valence-electron chi connectivity index (χ1n) is 6.57. The van der Waals surface area contributed by atoms with E-state index in [2.05, 4.69) is 32.2 Å². The highest BCUT2D eigenvalue weighted by molar-refractivity contribution is 5.95. The largest absolute Gasteiger partial charge is 0.314 e. The number of carbonyl (C=O) groups is 1. The summed E-state index contributed by atoms with van der Waals surface area (Å²) in [6.07, 6.45) is 2.42.